The van der Waals surface area contributed by atoms with E-state index in [1.165, 1.54) is 12.1 Å². The number of carbonyl (C=O) groups excluding carboxylic acids is 1. The molecular formula is C23H18ClF4N5OS. The van der Waals surface area contributed by atoms with Gasteiger partial charge in [0.1, 0.15) is 11.6 Å². The van der Waals surface area contributed by atoms with Crippen LogP contribution in [0.2, 0.25) is 5.02 Å². The quantitative estimate of drug-likeness (QED) is 0.248. The minimum atomic E-state index is -4.57. The first kappa shape index (κ1) is 24.8. The second-order valence-electron chi connectivity index (χ2n) is 7.53. The number of hydrogen-bond acceptors (Lipinski definition) is 4. The minimum Gasteiger partial charge on any atom is -0.354 e. The van der Waals surface area contributed by atoms with Gasteiger partial charge in [0.15, 0.2) is 5.16 Å². The first-order valence-corrected chi connectivity index (χ1v) is 11.6. The maximum atomic E-state index is 13.5. The molecule has 0 aliphatic heterocycles. The molecule has 1 amide bonds. The molecule has 0 spiro atoms. The molecule has 2 aromatic carbocycles. The Morgan fingerprint density at radius 1 is 1.11 bits per heavy atom. The summed E-state index contributed by atoms with van der Waals surface area (Å²) in [4.78, 5) is 12.5. The van der Waals surface area contributed by atoms with Crippen LogP contribution in [0.3, 0.4) is 0 Å². The fourth-order valence-electron chi connectivity index (χ4n) is 3.31. The van der Waals surface area contributed by atoms with Crippen LogP contribution in [-0.4, -0.2) is 31.0 Å². The summed E-state index contributed by atoms with van der Waals surface area (Å²) in [6.07, 6.45) is -2.24. The molecule has 0 unspecified atom stereocenters. The SMILES string of the molecule is Cn1cccc1Cc1nnc(SCC(=O)Nc2cc(C(F)(F)F)ccc2Cl)n1-c1ccc(F)cc1. The number of benzene rings is 2. The van der Waals surface area contributed by atoms with Gasteiger partial charge in [-0.15, -0.1) is 10.2 Å². The Hall–Kier alpha value is -3.31. The Labute approximate surface area is 206 Å². The maximum Gasteiger partial charge on any atom is 0.416 e. The maximum absolute atomic E-state index is 13.5. The largest absolute Gasteiger partial charge is 0.416 e. The molecule has 182 valence electrons. The monoisotopic (exact) mass is 523 g/mol. The molecule has 0 atom stereocenters. The van der Waals surface area contributed by atoms with Gasteiger partial charge in [-0.05, 0) is 54.6 Å². The molecule has 2 heterocycles. The molecule has 35 heavy (non-hydrogen) atoms. The van der Waals surface area contributed by atoms with Crippen LogP contribution in [0.4, 0.5) is 23.2 Å². The zero-order valence-corrected chi connectivity index (χ0v) is 19.8. The van der Waals surface area contributed by atoms with Crippen molar-refractivity contribution in [2.45, 2.75) is 17.8 Å². The normalized spacial score (nSPS) is 11.6. The van der Waals surface area contributed by atoms with Crippen molar-refractivity contribution in [3.05, 3.63) is 88.7 Å². The van der Waals surface area contributed by atoms with E-state index in [0.29, 0.717) is 23.1 Å². The molecule has 12 heteroatoms. The predicted molar refractivity (Wildman–Crippen MR) is 125 cm³/mol. The van der Waals surface area contributed by atoms with E-state index in [4.69, 9.17) is 11.6 Å². The molecule has 1 N–H and O–H groups in total. The molecule has 0 radical (unpaired) electrons. The fraction of sp³-hybridized carbons (Fsp3) is 0.174. The lowest BCUT2D eigenvalue weighted by Gasteiger charge is -2.12. The third-order valence-electron chi connectivity index (χ3n) is 5.08. The van der Waals surface area contributed by atoms with E-state index in [0.717, 1.165) is 35.7 Å². The third-order valence-corrected chi connectivity index (χ3v) is 6.33. The van der Waals surface area contributed by atoms with Crippen LogP contribution in [0.15, 0.2) is 66.0 Å². The Kier molecular flexibility index (Phi) is 7.18. The molecule has 0 aliphatic carbocycles. The number of halogens is 5. The van der Waals surface area contributed by atoms with E-state index < -0.39 is 23.5 Å². The average Bonchev–Trinajstić information content (AvgIpc) is 3.40. The number of thioether (sulfide) groups is 1. The van der Waals surface area contributed by atoms with Crippen molar-refractivity contribution in [3.8, 4) is 5.69 Å². The van der Waals surface area contributed by atoms with Crippen molar-refractivity contribution in [1.82, 2.24) is 19.3 Å². The number of aryl methyl sites for hydroxylation is 1. The van der Waals surface area contributed by atoms with Gasteiger partial charge >= 0.3 is 6.18 Å². The van der Waals surface area contributed by atoms with Crippen LogP contribution in [0.5, 0.6) is 0 Å². The van der Waals surface area contributed by atoms with Gasteiger partial charge in [0, 0.05) is 31.0 Å². The zero-order valence-electron chi connectivity index (χ0n) is 18.2. The summed E-state index contributed by atoms with van der Waals surface area (Å²) in [6, 6.07) is 12.3. The molecule has 4 rings (SSSR count). The van der Waals surface area contributed by atoms with Crippen molar-refractivity contribution < 1.29 is 22.4 Å². The second kappa shape index (κ2) is 10.1. The highest BCUT2D eigenvalue weighted by Crippen LogP contribution is 2.34. The summed E-state index contributed by atoms with van der Waals surface area (Å²) in [5, 5.41) is 11.2. The lowest BCUT2D eigenvalue weighted by Crippen LogP contribution is -2.16. The van der Waals surface area contributed by atoms with Gasteiger partial charge in [0.25, 0.3) is 0 Å². The molecule has 0 bridgehead atoms. The standard InChI is InChI=1S/C23H18ClF4N5OS/c1-32-10-2-3-17(32)12-20-30-31-22(33(20)16-7-5-15(25)6-8-16)35-13-21(34)29-19-11-14(23(26,27)28)4-9-18(19)24/h2-11H,12-13H2,1H3,(H,29,34). The number of carbonyl (C=O) groups is 1. The molecule has 2 aromatic heterocycles. The Balaban J connectivity index is 1.55. The number of nitrogens with one attached hydrogen (secondary N) is 1. The second-order valence-corrected chi connectivity index (χ2v) is 8.88. The predicted octanol–water partition coefficient (Wildman–Crippen LogP) is 5.74. The fourth-order valence-corrected chi connectivity index (χ4v) is 4.25. The lowest BCUT2D eigenvalue weighted by atomic mass is 10.2. The van der Waals surface area contributed by atoms with E-state index in [1.54, 1.807) is 16.7 Å². The van der Waals surface area contributed by atoms with Gasteiger partial charge in [-0.2, -0.15) is 13.2 Å². The molecule has 0 aliphatic rings. The number of alkyl halides is 3. The number of aromatic nitrogens is 4. The van der Waals surface area contributed by atoms with E-state index >= 15 is 0 Å². The van der Waals surface area contributed by atoms with Gasteiger partial charge < -0.3 is 9.88 Å². The van der Waals surface area contributed by atoms with Crippen LogP contribution in [-0.2, 0) is 24.4 Å². The summed E-state index contributed by atoms with van der Waals surface area (Å²) < 4.78 is 56.1. The molecule has 0 saturated carbocycles. The van der Waals surface area contributed by atoms with Gasteiger partial charge in [0.05, 0.1) is 22.0 Å². The highest BCUT2D eigenvalue weighted by molar-refractivity contribution is 7.99. The first-order valence-electron chi connectivity index (χ1n) is 10.2. The lowest BCUT2D eigenvalue weighted by molar-refractivity contribution is -0.137. The van der Waals surface area contributed by atoms with Crippen molar-refractivity contribution >= 4 is 35.0 Å². The van der Waals surface area contributed by atoms with Gasteiger partial charge in [0.2, 0.25) is 5.91 Å². The number of nitrogens with zero attached hydrogens (tertiary/aromatic N) is 4. The van der Waals surface area contributed by atoms with Gasteiger partial charge in [-0.25, -0.2) is 4.39 Å². The number of hydrogen-bond donors (Lipinski definition) is 1. The first-order chi connectivity index (χ1) is 16.6. The van der Waals surface area contributed by atoms with Crippen molar-refractivity contribution in [2.24, 2.45) is 7.05 Å². The van der Waals surface area contributed by atoms with E-state index in [9.17, 15) is 22.4 Å². The van der Waals surface area contributed by atoms with Crippen molar-refractivity contribution in [3.63, 3.8) is 0 Å². The number of anilines is 1. The molecule has 6 nitrogen and oxygen atoms in total. The highest BCUT2D eigenvalue weighted by Gasteiger charge is 2.31. The molecule has 4 aromatic rings. The summed E-state index contributed by atoms with van der Waals surface area (Å²) in [7, 11) is 1.90. The van der Waals surface area contributed by atoms with E-state index in [-0.39, 0.29) is 16.5 Å². The Bertz CT molecular complexity index is 1350. The number of rotatable bonds is 7. The van der Waals surface area contributed by atoms with Crippen LogP contribution >= 0.6 is 23.4 Å². The van der Waals surface area contributed by atoms with E-state index in [1.807, 2.05) is 29.9 Å². The molecule has 0 saturated heterocycles. The Morgan fingerprint density at radius 2 is 1.86 bits per heavy atom. The topological polar surface area (TPSA) is 64.7 Å². The molecule has 0 fully saturated rings. The average molecular weight is 524 g/mol. The summed E-state index contributed by atoms with van der Waals surface area (Å²) >= 11 is 7.00. The third kappa shape index (κ3) is 5.85. The van der Waals surface area contributed by atoms with Crippen molar-refractivity contribution in [2.75, 3.05) is 11.1 Å². The minimum absolute atomic E-state index is 0.0179. The van der Waals surface area contributed by atoms with Gasteiger partial charge in [-0.1, -0.05) is 23.4 Å². The van der Waals surface area contributed by atoms with Crippen molar-refractivity contribution in [1.29, 1.82) is 0 Å². The summed E-state index contributed by atoms with van der Waals surface area (Å²) in [5.74, 6) is -0.579. The van der Waals surface area contributed by atoms with E-state index in [2.05, 4.69) is 15.5 Å². The van der Waals surface area contributed by atoms with Crippen LogP contribution in [0.25, 0.3) is 5.69 Å². The highest BCUT2D eigenvalue weighted by atomic mass is 35.5. The van der Waals surface area contributed by atoms with Crippen LogP contribution in [0, 0.1) is 5.82 Å². The summed E-state index contributed by atoms with van der Waals surface area (Å²) in [6.45, 7) is 0. The van der Waals surface area contributed by atoms with Crippen LogP contribution < -0.4 is 5.32 Å². The van der Waals surface area contributed by atoms with Gasteiger partial charge in [-0.3, -0.25) is 9.36 Å². The summed E-state index contributed by atoms with van der Waals surface area (Å²) in [5.41, 5.74) is 0.501. The Morgan fingerprint density at radius 3 is 2.51 bits per heavy atom. The zero-order chi connectivity index (χ0) is 25.2. The molecular weight excluding hydrogens is 506 g/mol. The number of amides is 1. The van der Waals surface area contributed by atoms with Crippen LogP contribution in [0.1, 0.15) is 17.1 Å². The smallest absolute Gasteiger partial charge is 0.354 e.